The first-order chi connectivity index (χ1) is 11.7. The van der Waals surface area contributed by atoms with E-state index in [2.05, 4.69) is 4.98 Å². The molecule has 2 heterocycles. The third-order valence-corrected chi connectivity index (χ3v) is 3.80. The Kier molecular flexibility index (Phi) is 5.55. The van der Waals surface area contributed by atoms with E-state index in [0.29, 0.717) is 12.3 Å². The molecule has 9 nitrogen and oxygen atoms in total. The maximum atomic E-state index is 12.5. The Labute approximate surface area is 145 Å². The molecule has 1 aromatic heterocycles. The van der Waals surface area contributed by atoms with Crippen molar-refractivity contribution in [2.24, 2.45) is 5.92 Å². The van der Waals surface area contributed by atoms with Gasteiger partial charge in [0, 0.05) is 6.07 Å². The number of pyridine rings is 1. The lowest BCUT2D eigenvalue weighted by Gasteiger charge is -2.32. The highest BCUT2D eigenvalue weighted by Gasteiger charge is 2.42. The van der Waals surface area contributed by atoms with E-state index in [-0.39, 0.29) is 18.2 Å². The summed E-state index contributed by atoms with van der Waals surface area (Å²) < 4.78 is 10.6. The van der Waals surface area contributed by atoms with E-state index in [4.69, 9.17) is 9.47 Å². The Morgan fingerprint density at radius 1 is 1.44 bits per heavy atom. The van der Waals surface area contributed by atoms with Gasteiger partial charge >= 0.3 is 11.8 Å². The number of ether oxygens (including phenoxy) is 2. The van der Waals surface area contributed by atoms with Crippen molar-refractivity contribution < 1.29 is 24.0 Å². The molecule has 0 fully saturated rings. The number of hydrogen-bond acceptors (Lipinski definition) is 7. The Hall–Kier alpha value is -2.71. The fourth-order valence-electron chi connectivity index (χ4n) is 2.33. The molecule has 2 atom stereocenters. The molecule has 2 unspecified atom stereocenters. The fourth-order valence-corrected chi connectivity index (χ4v) is 2.33. The summed E-state index contributed by atoms with van der Waals surface area (Å²) in [6.07, 6.45) is -0.131. The van der Waals surface area contributed by atoms with Crippen molar-refractivity contribution in [2.45, 2.75) is 46.3 Å². The molecule has 136 valence electrons. The van der Waals surface area contributed by atoms with Crippen LogP contribution in [0.4, 0.5) is 11.6 Å². The van der Waals surface area contributed by atoms with Crippen molar-refractivity contribution in [3.05, 3.63) is 22.2 Å². The van der Waals surface area contributed by atoms with Crippen molar-refractivity contribution in [1.29, 1.82) is 0 Å². The van der Waals surface area contributed by atoms with Gasteiger partial charge in [-0.2, -0.15) is 0 Å². The monoisotopic (exact) mass is 351 g/mol. The molecule has 9 heteroatoms. The van der Waals surface area contributed by atoms with Gasteiger partial charge in [0.05, 0.1) is 6.61 Å². The largest absolute Gasteiger partial charge is 0.475 e. The number of anilines is 1. The summed E-state index contributed by atoms with van der Waals surface area (Å²) >= 11 is 0. The van der Waals surface area contributed by atoms with Crippen molar-refractivity contribution in [2.75, 3.05) is 11.5 Å². The number of nitro groups is 1. The maximum absolute atomic E-state index is 12.5. The van der Waals surface area contributed by atoms with Gasteiger partial charge in [-0.25, -0.2) is 4.79 Å². The van der Waals surface area contributed by atoms with Crippen molar-refractivity contribution in [3.8, 4) is 5.75 Å². The van der Waals surface area contributed by atoms with Gasteiger partial charge in [-0.05, 0) is 42.2 Å². The Balaban J connectivity index is 2.29. The summed E-state index contributed by atoms with van der Waals surface area (Å²) in [6, 6.07) is 1.58. The number of rotatable bonds is 6. The van der Waals surface area contributed by atoms with Crippen LogP contribution in [0.1, 0.15) is 34.1 Å². The number of aromatic nitrogens is 1. The van der Waals surface area contributed by atoms with Crippen molar-refractivity contribution in [1.82, 2.24) is 4.98 Å². The highest BCUT2D eigenvalue weighted by molar-refractivity contribution is 6.03. The van der Waals surface area contributed by atoms with Gasteiger partial charge in [-0.15, -0.1) is 0 Å². The molecule has 0 radical (unpaired) electrons. The average Bonchev–Trinajstić information content (AvgIpc) is 2.54. The van der Waals surface area contributed by atoms with Crippen molar-refractivity contribution >= 4 is 23.5 Å². The molecule has 0 bridgehead atoms. The molecular weight excluding hydrogens is 330 g/mol. The van der Waals surface area contributed by atoms with Crippen LogP contribution in [0, 0.1) is 16.0 Å². The molecule has 0 saturated carbocycles. The molecule has 1 aliphatic rings. The summed E-state index contributed by atoms with van der Waals surface area (Å²) in [5.41, 5.74) is 0. The Morgan fingerprint density at radius 2 is 2.12 bits per heavy atom. The molecule has 0 aliphatic carbocycles. The number of amides is 1. The maximum Gasteiger partial charge on any atom is 0.366 e. The third kappa shape index (κ3) is 4.04. The van der Waals surface area contributed by atoms with Crippen molar-refractivity contribution in [3.63, 3.8) is 0 Å². The van der Waals surface area contributed by atoms with Crippen LogP contribution in [0.2, 0.25) is 0 Å². The summed E-state index contributed by atoms with van der Waals surface area (Å²) in [4.78, 5) is 40.0. The first-order valence-electron chi connectivity index (χ1n) is 8.04. The average molecular weight is 351 g/mol. The van der Waals surface area contributed by atoms with Crippen LogP contribution in [-0.4, -0.2) is 40.5 Å². The van der Waals surface area contributed by atoms with Gasteiger partial charge in [-0.1, -0.05) is 13.8 Å². The van der Waals surface area contributed by atoms with E-state index in [0.717, 1.165) is 4.90 Å². The molecule has 1 aromatic rings. The quantitative estimate of drug-likeness (QED) is 0.438. The van der Waals surface area contributed by atoms with E-state index >= 15 is 0 Å². The van der Waals surface area contributed by atoms with Gasteiger partial charge in [0.1, 0.15) is 6.04 Å². The molecule has 0 N–H and O–H groups in total. The van der Waals surface area contributed by atoms with Gasteiger partial charge in [0.15, 0.2) is 11.9 Å². The minimum atomic E-state index is -0.973. The Morgan fingerprint density at radius 3 is 2.72 bits per heavy atom. The van der Waals surface area contributed by atoms with E-state index < -0.39 is 34.8 Å². The Bertz CT molecular complexity index is 690. The number of carbonyl (C=O) groups excluding carboxylic acids is 2. The van der Waals surface area contributed by atoms with Crippen LogP contribution >= 0.6 is 0 Å². The zero-order chi connectivity index (χ0) is 18.7. The van der Waals surface area contributed by atoms with Crippen LogP contribution < -0.4 is 9.64 Å². The molecule has 0 spiro atoms. The zero-order valence-corrected chi connectivity index (χ0v) is 14.6. The molecule has 1 aliphatic heterocycles. The molecule has 1 amide bonds. The topological polar surface area (TPSA) is 112 Å². The summed E-state index contributed by atoms with van der Waals surface area (Å²) in [5, 5.41) is 11.0. The SMILES string of the molecule is CC(C)CCOC(=O)C(C)N1C(=O)C(C)Oc2ccc([N+](=O)[O-])nc21. The molecule has 25 heavy (non-hydrogen) atoms. The lowest BCUT2D eigenvalue weighted by Crippen LogP contribution is -2.52. The second-order valence-corrected chi connectivity index (χ2v) is 6.24. The van der Waals surface area contributed by atoms with E-state index in [1.807, 2.05) is 13.8 Å². The minimum absolute atomic E-state index is 0.0504. The van der Waals surface area contributed by atoms with Gasteiger partial charge in [-0.3, -0.25) is 9.69 Å². The molecule has 0 saturated heterocycles. The number of hydrogen-bond donors (Lipinski definition) is 0. The number of esters is 1. The van der Waals surface area contributed by atoms with Crippen LogP contribution in [-0.2, 0) is 14.3 Å². The molecule has 0 aromatic carbocycles. The van der Waals surface area contributed by atoms with E-state index in [1.54, 1.807) is 0 Å². The third-order valence-electron chi connectivity index (χ3n) is 3.80. The molecule has 2 rings (SSSR count). The van der Waals surface area contributed by atoms with Gasteiger partial charge < -0.3 is 19.6 Å². The number of fused-ring (bicyclic) bond motifs is 1. The van der Waals surface area contributed by atoms with E-state index in [9.17, 15) is 19.7 Å². The van der Waals surface area contributed by atoms with Crippen LogP contribution in [0.15, 0.2) is 12.1 Å². The summed E-state index contributed by atoms with van der Waals surface area (Å²) in [6.45, 7) is 7.28. The lowest BCUT2D eigenvalue weighted by molar-refractivity contribution is -0.389. The zero-order valence-electron chi connectivity index (χ0n) is 14.6. The fraction of sp³-hybridized carbons (Fsp3) is 0.562. The normalized spacial score (nSPS) is 17.7. The second-order valence-electron chi connectivity index (χ2n) is 6.24. The first kappa shape index (κ1) is 18.6. The highest BCUT2D eigenvalue weighted by Crippen LogP contribution is 2.35. The summed E-state index contributed by atoms with van der Waals surface area (Å²) in [7, 11) is 0. The highest BCUT2D eigenvalue weighted by atomic mass is 16.6. The summed E-state index contributed by atoms with van der Waals surface area (Å²) in [5.74, 6) is -1.01. The predicted molar refractivity (Wildman–Crippen MR) is 88.3 cm³/mol. The first-order valence-corrected chi connectivity index (χ1v) is 8.04. The van der Waals surface area contributed by atoms with Crippen LogP contribution in [0.25, 0.3) is 0 Å². The minimum Gasteiger partial charge on any atom is -0.475 e. The predicted octanol–water partition coefficient (Wildman–Crippen LogP) is 2.08. The molecular formula is C16H21N3O6. The lowest BCUT2D eigenvalue weighted by atomic mass is 10.1. The van der Waals surface area contributed by atoms with Crippen LogP contribution in [0.3, 0.4) is 0 Å². The second kappa shape index (κ2) is 7.45. The number of nitrogens with zero attached hydrogens (tertiary/aromatic N) is 3. The number of carbonyl (C=O) groups is 2. The van der Waals surface area contributed by atoms with Crippen LogP contribution in [0.5, 0.6) is 5.75 Å². The van der Waals surface area contributed by atoms with Gasteiger partial charge in [0.2, 0.25) is 0 Å². The van der Waals surface area contributed by atoms with E-state index in [1.165, 1.54) is 26.0 Å². The van der Waals surface area contributed by atoms with Gasteiger partial charge in [0.25, 0.3) is 11.7 Å². The standard InChI is InChI=1S/C16H21N3O6/c1-9(2)7-8-24-16(21)10(3)18-14-12(25-11(4)15(18)20)5-6-13(17-14)19(22)23/h5-6,9-11H,7-8H2,1-4H3. The smallest absolute Gasteiger partial charge is 0.366 e.